The molecule has 1 aliphatic rings. The zero-order valence-electron chi connectivity index (χ0n) is 15.3. The van der Waals surface area contributed by atoms with E-state index >= 15 is 0 Å². The summed E-state index contributed by atoms with van der Waals surface area (Å²) >= 11 is 0. The Morgan fingerprint density at radius 2 is 2.12 bits per heavy atom. The number of rotatable bonds is 4. The molecule has 3 N–H and O–H groups in total. The van der Waals surface area contributed by atoms with Crippen molar-refractivity contribution in [3.63, 3.8) is 0 Å². The molecule has 1 aliphatic heterocycles. The van der Waals surface area contributed by atoms with Crippen LogP contribution in [0.5, 0.6) is 0 Å². The van der Waals surface area contributed by atoms with Crippen LogP contribution in [0.1, 0.15) is 49.8 Å². The minimum Gasteiger partial charge on any atom is -0.361 e. The minimum absolute atomic E-state index is 0.0569. The number of carbonyl (C=O) groups excluding carboxylic acids is 1. The average molecular weight is 337 g/mol. The number of anilines is 1. The number of aromatic amines is 1. The monoisotopic (exact) mass is 337 g/mol. The Labute approximate surface area is 149 Å². The topological polar surface area (TPSA) is 56.9 Å². The van der Waals surface area contributed by atoms with E-state index in [1.165, 1.54) is 21.9 Å². The van der Waals surface area contributed by atoms with Gasteiger partial charge in [-0.1, -0.05) is 25.1 Å². The van der Waals surface area contributed by atoms with E-state index < -0.39 is 0 Å². The summed E-state index contributed by atoms with van der Waals surface area (Å²) in [6.45, 7) is 8.07. The molecule has 0 fully saturated rings. The maximum atomic E-state index is 12.5. The molecule has 1 unspecified atom stereocenters. The zero-order valence-corrected chi connectivity index (χ0v) is 15.3. The number of H-pyrrole nitrogens is 1. The minimum atomic E-state index is 0.0569. The summed E-state index contributed by atoms with van der Waals surface area (Å²) in [4.78, 5) is 15.8. The normalized spacial score (nSPS) is 16.6. The highest BCUT2D eigenvalue weighted by Gasteiger charge is 2.15. The fourth-order valence-electron chi connectivity index (χ4n) is 3.59. The van der Waals surface area contributed by atoms with Crippen LogP contribution in [0.4, 0.5) is 5.69 Å². The van der Waals surface area contributed by atoms with Gasteiger partial charge in [0.15, 0.2) is 0 Å². The summed E-state index contributed by atoms with van der Waals surface area (Å²) in [5.74, 6) is 0.219. The van der Waals surface area contributed by atoms with Crippen molar-refractivity contribution in [2.45, 2.75) is 46.1 Å². The zero-order chi connectivity index (χ0) is 17.8. The molecule has 0 radical (unpaired) electrons. The van der Waals surface area contributed by atoms with E-state index in [4.69, 9.17) is 0 Å². The third kappa shape index (κ3) is 3.85. The lowest BCUT2D eigenvalue weighted by molar-refractivity contribution is -0.116. The molecule has 0 bridgehead atoms. The van der Waals surface area contributed by atoms with E-state index in [1.54, 1.807) is 0 Å². The van der Waals surface area contributed by atoms with Crippen LogP contribution in [-0.4, -0.2) is 17.4 Å². The molecule has 3 rings (SSSR count). The maximum absolute atomic E-state index is 12.5. The second-order valence-electron chi connectivity index (χ2n) is 6.71. The Morgan fingerprint density at radius 1 is 1.28 bits per heavy atom. The Bertz CT molecular complexity index is 879. The van der Waals surface area contributed by atoms with E-state index in [9.17, 15) is 4.79 Å². The van der Waals surface area contributed by atoms with Crippen molar-refractivity contribution in [1.82, 2.24) is 10.3 Å². The van der Waals surface area contributed by atoms with Crippen molar-refractivity contribution >= 4 is 23.7 Å². The Kier molecular flexibility index (Phi) is 5.39. The predicted molar refractivity (Wildman–Crippen MR) is 104 cm³/mol. The quantitative estimate of drug-likeness (QED) is 0.802. The van der Waals surface area contributed by atoms with Crippen LogP contribution in [0.3, 0.4) is 0 Å². The van der Waals surface area contributed by atoms with E-state index in [1.807, 2.05) is 26.1 Å². The van der Waals surface area contributed by atoms with Gasteiger partial charge < -0.3 is 15.6 Å². The SMILES string of the molecule is C/C=c1/c(C(C)CC(=O)Nc2ccc3c(c2)CNCC3)c[nH]/c1=C/C. The highest BCUT2D eigenvalue weighted by atomic mass is 16.1. The summed E-state index contributed by atoms with van der Waals surface area (Å²) in [6.07, 6.45) is 7.71. The van der Waals surface area contributed by atoms with Crippen molar-refractivity contribution in [3.05, 3.63) is 51.7 Å². The van der Waals surface area contributed by atoms with Crippen LogP contribution in [0, 0.1) is 0 Å². The number of fused-ring (bicyclic) bond motifs is 1. The summed E-state index contributed by atoms with van der Waals surface area (Å²) in [5.41, 5.74) is 4.75. The van der Waals surface area contributed by atoms with Crippen LogP contribution in [0.15, 0.2) is 24.4 Å². The number of hydrogen-bond acceptors (Lipinski definition) is 2. The lowest BCUT2D eigenvalue weighted by Crippen LogP contribution is -2.26. The molecule has 1 atom stereocenters. The predicted octanol–water partition coefficient (Wildman–Crippen LogP) is 2.39. The lowest BCUT2D eigenvalue weighted by Gasteiger charge is -2.18. The second kappa shape index (κ2) is 7.70. The molecule has 0 saturated heterocycles. The van der Waals surface area contributed by atoms with E-state index in [0.717, 1.165) is 30.5 Å². The summed E-state index contributed by atoms with van der Waals surface area (Å²) in [6, 6.07) is 6.24. The number of aromatic nitrogens is 1. The molecule has 25 heavy (non-hydrogen) atoms. The first kappa shape index (κ1) is 17.5. The molecule has 0 aliphatic carbocycles. The van der Waals surface area contributed by atoms with Gasteiger partial charge in [0.2, 0.25) is 5.91 Å². The van der Waals surface area contributed by atoms with Gasteiger partial charge in [-0.05, 0) is 66.8 Å². The smallest absolute Gasteiger partial charge is 0.224 e. The molecule has 0 spiro atoms. The number of carbonyl (C=O) groups is 1. The van der Waals surface area contributed by atoms with Crippen molar-refractivity contribution in [2.24, 2.45) is 0 Å². The van der Waals surface area contributed by atoms with Gasteiger partial charge in [0, 0.05) is 30.2 Å². The summed E-state index contributed by atoms with van der Waals surface area (Å²) < 4.78 is 0. The Morgan fingerprint density at radius 3 is 2.88 bits per heavy atom. The van der Waals surface area contributed by atoms with Crippen molar-refractivity contribution in [2.75, 3.05) is 11.9 Å². The fraction of sp³-hybridized carbons (Fsp3) is 0.381. The molecule has 4 heteroatoms. The maximum Gasteiger partial charge on any atom is 0.224 e. The molecule has 4 nitrogen and oxygen atoms in total. The van der Waals surface area contributed by atoms with E-state index in [2.05, 4.69) is 46.8 Å². The number of nitrogens with one attached hydrogen (secondary N) is 3. The highest BCUT2D eigenvalue weighted by Crippen LogP contribution is 2.20. The van der Waals surface area contributed by atoms with Gasteiger partial charge in [-0.2, -0.15) is 0 Å². The van der Waals surface area contributed by atoms with E-state index in [-0.39, 0.29) is 11.8 Å². The first-order valence-electron chi connectivity index (χ1n) is 9.04. The molecule has 1 aromatic heterocycles. The lowest BCUT2D eigenvalue weighted by atomic mass is 9.98. The number of benzene rings is 1. The van der Waals surface area contributed by atoms with Gasteiger partial charge in [0.25, 0.3) is 0 Å². The number of amides is 1. The molecular weight excluding hydrogens is 310 g/mol. The summed E-state index contributed by atoms with van der Waals surface area (Å²) in [5, 5.41) is 8.74. The molecular formula is C21H27N3O. The Balaban J connectivity index is 1.69. The third-order valence-corrected chi connectivity index (χ3v) is 4.96. The molecule has 1 amide bonds. The second-order valence-corrected chi connectivity index (χ2v) is 6.71. The largest absolute Gasteiger partial charge is 0.361 e. The van der Waals surface area contributed by atoms with Crippen molar-refractivity contribution < 1.29 is 4.79 Å². The summed E-state index contributed by atoms with van der Waals surface area (Å²) in [7, 11) is 0. The van der Waals surface area contributed by atoms with Crippen LogP contribution < -0.4 is 21.2 Å². The molecule has 2 aromatic rings. The van der Waals surface area contributed by atoms with Crippen LogP contribution in [0.2, 0.25) is 0 Å². The molecule has 1 aromatic carbocycles. The van der Waals surface area contributed by atoms with Gasteiger partial charge in [-0.25, -0.2) is 0 Å². The first-order chi connectivity index (χ1) is 12.1. The van der Waals surface area contributed by atoms with Crippen LogP contribution in [0.25, 0.3) is 12.2 Å². The van der Waals surface area contributed by atoms with Crippen LogP contribution in [-0.2, 0) is 17.8 Å². The average Bonchev–Trinajstić information content (AvgIpc) is 3.04. The van der Waals surface area contributed by atoms with Crippen molar-refractivity contribution in [1.29, 1.82) is 0 Å². The standard InChI is InChI=1S/C21H27N3O/c1-4-18-19(13-23-20(18)5-2)14(3)10-21(25)24-17-7-6-15-8-9-22-12-16(15)11-17/h4-7,11,13-14,22-23H,8-10,12H2,1-3H3,(H,24,25)/b18-4-,20-5+. The highest BCUT2D eigenvalue weighted by molar-refractivity contribution is 5.91. The van der Waals surface area contributed by atoms with Gasteiger partial charge in [-0.3, -0.25) is 4.79 Å². The third-order valence-electron chi connectivity index (χ3n) is 4.96. The van der Waals surface area contributed by atoms with Crippen LogP contribution >= 0.6 is 0 Å². The molecule has 132 valence electrons. The Hall–Kier alpha value is -2.33. The molecule has 2 heterocycles. The number of hydrogen-bond donors (Lipinski definition) is 3. The first-order valence-corrected chi connectivity index (χ1v) is 9.04. The fourth-order valence-corrected chi connectivity index (χ4v) is 3.59. The van der Waals surface area contributed by atoms with Gasteiger partial charge in [0.05, 0.1) is 0 Å². The van der Waals surface area contributed by atoms with Gasteiger partial charge in [0.1, 0.15) is 0 Å². The van der Waals surface area contributed by atoms with Gasteiger partial charge in [-0.15, -0.1) is 0 Å². The van der Waals surface area contributed by atoms with E-state index in [0.29, 0.717) is 6.42 Å². The van der Waals surface area contributed by atoms with Crippen molar-refractivity contribution in [3.8, 4) is 0 Å². The molecule has 0 saturated carbocycles. The van der Waals surface area contributed by atoms with Gasteiger partial charge >= 0.3 is 0 Å².